The Hall–Kier alpha value is -3.34. The second-order valence-electron chi connectivity index (χ2n) is 7.11. The third-order valence-electron chi connectivity index (χ3n) is 5.10. The van der Waals surface area contributed by atoms with E-state index in [2.05, 4.69) is 4.57 Å². The number of aromatic nitrogens is 1. The summed E-state index contributed by atoms with van der Waals surface area (Å²) in [5, 5.41) is 1.13. The third-order valence-corrected chi connectivity index (χ3v) is 5.10. The number of ketones is 1. The van der Waals surface area contributed by atoms with Crippen LogP contribution in [-0.4, -0.2) is 16.5 Å². The number of fused-ring (bicyclic) bond motifs is 1. The molecule has 5 heteroatoms. The molecule has 4 rings (SSSR count). The molecule has 0 aliphatic carbocycles. The molecule has 0 aliphatic heterocycles. The fourth-order valence-electron chi connectivity index (χ4n) is 3.66. The van der Waals surface area contributed by atoms with Crippen molar-refractivity contribution in [3.63, 3.8) is 0 Å². The highest BCUT2D eigenvalue weighted by atomic mass is 19.4. The number of carbonyl (C=O) groups excluding carboxylic acids is 1. The van der Waals surface area contributed by atoms with Gasteiger partial charge in [0.25, 0.3) is 5.78 Å². The smallest absolute Gasteiger partial charge is 0.316 e. The van der Waals surface area contributed by atoms with Crippen molar-refractivity contribution in [2.45, 2.75) is 20.0 Å². The van der Waals surface area contributed by atoms with Crippen LogP contribution in [0.25, 0.3) is 27.7 Å². The van der Waals surface area contributed by atoms with Crippen molar-refractivity contribution in [2.75, 3.05) is 0 Å². The lowest BCUT2D eigenvalue weighted by atomic mass is 9.95. The maximum absolute atomic E-state index is 12.8. The number of halogens is 3. The average molecular weight is 393 g/mol. The Balaban J connectivity index is 1.80. The van der Waals surface area contributed by atoms with Crippen molar-refractivity contribution in [2.24, 2.45) is 0 Å². The molecule has 0 N–H and O–H groups in total. The van der Waals surface area contributed by atoms with Crippen LogP contribution in [0.3, 0.4) is 0 Å². The van der Waals surface area contributed by atoms with Gasteiger partial charge in [0, 0.05) is 17.4 Å². The highest BCUT2D eigenvalue weighted by Crippen LogP contribution is 2.32. The minimum atomic E-state index is -4.89. The van der Waals surface area contributed by atoms with Gasteiger partial charge in [0.1, 0.15) is 0 Å². The zero-order valence-corrected chi connectivity index (χ0v) is 15.9. The average Bonchev–Trinajstić information content (AvgIpc) is 3.12. The SMILES string of the molecule is Cc1cc(-n2ccc3ccccc32)c(C)cc1-c1cccc(C(=O)C(F)(F)F)c1. The molecule has 1 aromatic heterocycles. The standard InChI is InChI=1S/C24H18F3NO/c1-15-13-22(28-11-10-17-6-3-4-9-21(17)28)16(2)12-20(15)18-7-5-8-19(14-18)23(29)24(25,26)27/h3-14H,1-2H3. The second kappa shape index (κ2) is 6.92. The molecule has 0 spiro atoms. The summed E-state index contributed by atoms with van der Waals surface area (Å²) < 4.78 is 40.5. The van der Waals surface area contributed by atoms with Gasteiger partial charge in [-0.3, -0.25) is 4.79 Å². The molecule has 29 heavy (non-hydrogen) atoms. The zero-order chi connectivity index (χ0) is 20.8. The van der Waals surface area contributed by atoms with E-state index >= 15 is 0 Å². The maximum atomic E-state index is 12.8. The van der Waals surface area contributed by atoms with Crippen molar-refractivity contribution in [1.29, 1.82) is 0 Å². The van der Waals surface area contributed by atoms with Crippen LogP contribution in [0.1, 0.15) is 21.5 Å². The summed E-state index contributed by atoms with van der Waals surface area (Å²) in [4.78, 5) is 11.6. The van der Waals surface area contributed by atoms with E-state index in [0.717, 1.165) is 33.3 Å². The van der Waals surface area contributed by atoms with Crippen LogP contribution >= 0.6 is 0 Å². The van der Waals surface area contributed by atoms with Crippen LogP contribution in [0, 0.1) is 13.8 Å². The highest BCUT2D eigenvalue weighted by Gasteiger charge is 2.39. The minimum Gasteiger partial charge on any atom is -0.316 e. The highest BCUT2D eigenvalue weighted by molar-refractivity contribution is 6.01. The monoisotopic (exact) mass is 393 g/mol. The van der Waals surface area contributed by atoms with Crippen LogP contribution in [0.5, 0.6) is 0 Å². The quantitative estimate of drug-likeness (QED) is 0.357. The number of nitrogens with zero attached hydrogens (tertiary/aromatic N) is 1. The zero-order valence-electron chi connectivity index (χ0n) is 15.9. The molecule has 0 saturated carbocycles. The van der Waals surface area contributed by atoms with Crippen molar-refractivity contribution in [1.82, 2.24) is 4.57 Å². The van der Waals surface area contributed by atoms with Gasteiger partial charge in [-0.05, 0) is 71.8 Å². The maximum Gasteiger partial charge on any atom is 0.454 e. The molecule has 4 aromatic rings. The molecule has 0 saturated heterocycles. The van der Waals surface area contributed by atoms with E-state index in [0.29, 0.717) is 5.56 Å². The van der Waals surface area contributed by atoms with Gasteiger partial charge < -0.3 is 4.57 Å². The fraction of sp³-hybridized carbons (Fsp3) is 0.125. The van der Waals surface area contributed by atoms with Crippen molar-refractivity contribution >= 4 is 16.7 Å². The summed E-state index contributed by atoms with van der Waals surface area (Å²) in [6.07, 6.45) is -2.88. The van der Waals surface area contributed by atoms with E-state index in [1.807, 2.05) is 62.5 Å². The predicted molar refractivity (Wildman–Crippen MR) is 109 cm³/mol. The van der Waals surface area contributed by atoms with Gasteiger partial charge in [-0.2, -0.15) is 13.2 Å². The number of Topliss-reactive ketones (excluding diaryl/α,β-unsaturated/α-hetero) is 1. The van der Waals surface area contributed by atoms with Crippen LogP contribution < -0.4 is 0 Å². The normalized spacial score (nSPS) is 11.8. The van der Waals surface area contributed by atoms with Gasteiger partial charge in [-0.25, -0.2) is 0 Å². The molecule has 0 unspecified atom stereocenters. The molecule has 0 aliphatic rings. The summed E-state index contributed by atoms with van der Waals surface area (Å²) in [5.41, 5.74) is 5.03. The third kappa shape index (κ3) is 3.44. The van der Waals surface area contributed by atoms with E-state index in [9.17, 15) is 18.0 Å². The molecule has 3 aromatic carbocycles. The second-order valence-corrected chi connectivity index (χ2v) is 7.11. The molecule has 0 amide bonds. The van der Waals surface area contributed by atoms with E-state index in [1.165, 1.54) is 18.2 Å². The van der Waals surface area contributed by atoms with Gasteiger partial charge in [0.05, 0.1) is 5.52 Å². The van der Waals surface area contributed by atoms with E-state index in [1.54, 1.807) is 6.07 Å². The molecular weight excluding hydrogens is 375 g/mol. The van der Waals surface area contributed by atoms with Crippen molar-refractivity contribution in [3.8, 4) is 16.8 Å². The summed E-state index contributed by atoms with van der Waals surface area (Å²) in [7, 11) is 0. The first-order valence-electron chi connectivity index (χ1n) is 9.15. The van der Waals surface area contributed by atoms with E-state index in [-0.39, 0.29) is 5.56 Å². The van der Waals surface area contributed by atoms with Gasteiger partial charge in [0.15, 0.2) is 0 Å². The Morgan fingerprint density at radius 3 is 2.38 bits per heavy atom. The Kier molecular flexibility index (Phi) is 4.53. The molecular formula is C24H18F3NO. The molecule has 0 bridgehead atoms. The number of rotatable bonds is 3. The van der Waals surface area contributed by atoms with Gasteiger partial charge in [-0.1, -0.05) is 36.4 Å². The molecule has 0 fully saturated rings. The first-order valence-corrected chi connectivity index (χ1v) is 9.15. The molecule has 0 radical (unpaired) electrons. The molecule has 0 atom stereocenters. The summed E-state index contributed by atoms with van der Waals surface area (Å²) >= 11 is 0. The van der Waals surface area contributed by atoms with Crippen LogP contribution in [-0.2, 0) is 0 Å². The van der Waals surface area contributed by atoms with E-state index in [4.69, 9.17) is 0 Å². The van der Waals surface area contributed by atoms with E-state index < -0.39 is 12.0 Å². The lowest BCUT2D eigenvalue weighted by Gasteiger charge is -2.15. The predicted octanol–water partition coefficient (Wildman–Crippen LogP) is 6.66. The number of benzene rings is 3. The van der Waals surface area contributed by atoms with Crippen LogP contribution in [0.15, 0.2) is 72.9 Å². The summed E-state index contributed by atoms with van der Waals surface area (Å²) in [5.74, 6) is -1.83. The molecule has 2 nitrogen and oxygen atoms in total. The van der Waals surface area contributed by atoms with Crippen molar-refractivity contribution < 1.29 is 18.0 Å². The van der Waals surface area contributed by atoms with Gasteiger partial charge >= 0.3 is 6.18 Å². The summed E-state index contributed by atoms with van der Waals surface area (Å²) in [6, 6.07) is 19.8. The first kappa shape index (κ1) is 19.0. The molecule has 146 valence electrons. The number of para-hydroxylation sites is 1. The minimum absolute atomic E-state index is 0.354. The molecule has 1 heterocycles. The Morgan fingerprint density at radius 1 is 0.862 bits per heavy atom. The lowest BCUT2D eigenvalue weighted by Crippen LogP contribution is -2.22. The largest absolute Gasteiger partial charge is 0.454 e. The van der Waals surface area contributed by atoms with Gasteiger partial charge in [-0.15, -0.1) is 0 Å². The Labute approximate surface area is 166 Å². The Morgan fingerprint density at radius 2 is 1.62 bits per heavy atom. The van der Waals surface area contributed by atoms with Crippen LogP contribution in [0.4, 0.5) is 13.2 Å². The lowest BCUT2D eigenvalue weighted by molar-refractivity contribution is -0.0885. The number of aryl methyl sites for hydroxylation is 2. The van der Waals surface area contributed by atoms with Crippen molar-refractivity contribution in [3.05, 3.63) is 89.6 Å². The number of hydrogen-bond donors (Lipinski definition) is 0. The first-order chi connectivity index (χ1) is 13.8. The number of alkyl halides is 3. The number of carbonyl (C=O) groups is 1. The summed E-state index contributed by atoms with van der Waals surface area (Å²) in [6.45, 7) is 3.89. The van der Waals surface area contributed by atoms with Crippen LogP contribution in [0.2, 0.25) is 0 Å². The fourth-order valence-corrected chi connectivity index (χ4v) is 3.66. The van der Waals surface area contributed by atoms with Gasteiger partial charge in [0.2, 0.25) is 0 Å². The Bertz CT molecular complexity index is 1230. The topological polar surface area (TPSA) is 22.0 Å². The number of hydrogen-bond acceptors (Lipinski definition) is 1.